The minimum Gasteiger partial charge on any atom is -0.481 e. The van der Waals surface area contributed by atoms with Crippen molar-refractivity contribution < 1.29 is 9.53 Å². The molecule has 3 aromatic rings. The first-order valence-electron chi connectivity index (χ1n) is 8.23. The van der Waals surface area contributed by atoms with Gasteiger partial charge < -0.3 is 10.1 Å². The quantitative estimate of drug-likeness (QED) is 0.735. The Morgan fingerprint density at radius 2 is 1.67 bits per heavy atom. The van der Waals surface area contributed by atoms with Gasteiger partial charge in [-0.2, -0.15) is 0 Å². The van der Waals surface area contributed by atoms with E-state index < -0.39 is 6.10 Å². The predicted octanol–water partition coefficient (Wildman–Crippen LogP) is 4.31. The largest absolute Gasteiger partial charge is 0.481 e. The second kappa shape index (κ2) is 7.64. The van der Waals surface area contributed by atoms with Gasteiger partial charge in [0, 0.05) is 6.54 Å². The minimum atomic E-state index is -0.491. The monoisotopic (exact) mass is 319 g/mol. The van der Waals surface area contributed by atoms with Crippen LogP contribution in [0.25, 0.3) is 10.8 Å². The third-order valence-corrected chi connectivity index (χ3v) is 3.97. The van der Waals surface area contributed by atoms with Crippen LogP contribution >= 0.6 is 0 Å². The van der Waals surface area contributed by atoms with E-state index in [-0.39, 0.29) is 5.91 Å². The van der Waals surface area contributed by atoms with E-state index in [4.69, 9.17) is 4.74 Å². The number of carbonyl (C=O) groups excluding carboxylic acids is 1. The highest BCUT2D eigenvalue weighted by molar-refractivity contribution is 5.84. The molecule has 0 bridgehead atoms. The van der Waals surface area contributed by atoms with Crippen LogP contribution in [0.2, 0.25) is 0 Å². The SMILES string of the molecule is CC[C@@H](Oc1ccc2ccccc2c1)C(=O)NCc1ccccc1. The molecule has 3 rings (SSSR count). The van der Waals surface area contributed by atoms with E-state index in [1.807, 2.05) is 73.7 Å². The summed E-state index contributed by atoms with van der Waals surface area (Å²) in [5.74, 6) is 0.630. The zero-order valence-corrected chi connectivity index (χ0v) is 13.7. The number of benzene rings is 3. The van der Waals surface area contributed by atoms with Crippen molar-refractivity contribution in [2.45, 2.75) is 26.0 Å². The van der Waals surface area contributed by atoms with Gasteiger partial charge in [0.15, 0.2) is 6.10 Å². The normalized spacial score (nSPS) is 11.9. The Hall–Kier alpha value is -2.81. The summed E-state index contributed by atoms with van der Waals surface area (Å²) in [4.78, 5) is 12.4. The Balaban J connectivity index is 1.65. The van der Waals surface area contributed by atoms with Gasteiger partial charge in [-0.05, 0) is 34.9 Å². The molecule has 1 N–H and O–H groups in total. The molecule has 1 amide bonds. The van der Waals surface area contributed by atoms with Crippen LogP contribution in [-0.2, 0) is 11.3 Å². The smallest absolute Gasteiger partial charge is 0.261 e. The van der Waals surface area contributed by atoms with E-state index >= 15 is 0 Å². The molecule has 0 unspecified atom stereocenters. The molecule has 1 atom stereocenters. The highest BCUT2D eigenvalue weighted by atomic mass is 16.5. The second-order valence-electron chi connectivity index (χ2n) is 5.73. The average Bonchev–Trinajstić information content (AvgIpc) is 2.65. The molecule has 0 saturated carbocycles. The predicted molar refractivity (Wildman–Crippen MR) is 96.9 cm³/mol. The molecule has 0 aliphatic heterocycles. The summed E-state index contributed by atoms with van der Waals surface area (Å²) in [6, 6.07) is 23.9. The van der Waals surface area contributed by atoms with E-state index in [2.05, 4.69) is 11.4 Å². The molecule has 0 heterocycles. The maximum absolute atomic E-state index is 12.4. The molecule has 3 nitrogen and oxygen atoms in total. The lowest BCUT2D eigenvalue weighted by atomic mass is 10.1. The fourth-order valence-corrected chi connectivity index (χ4v) is 2.63. The van der Waals surface area contributed by atoms with Crippen LogP contribution in [0.3, 0.4) is 0 Å². The standard InChI is InChI=1S/C21H21NO2/c1-2-20(21(23)22-15-16-8-4-3-5-9-16)24-19-13-12-17-10-6-7-11-18(17)14-19/h3-14,20H,2,15H2,1H3,(H,22,23)/t20-/m1/s1. The number of amides is 1. The van der Waals surface area contributed by atoms with Gasteiger partial charge in [0.2, 0.25) is 0 Å². The van der Waals surface area contributed by atoms with Crippen molar-refractivity contribution in [2.24, 2.45) is 0 Å². The maximum atomic E-state index is 12.4. The van der Waals surface area contributed by atoms with Crippen molar-refractivity contribution >= 4 is 16.7 Å². The third-order valence-electron chi connectivity index (χ3n) is 3.97. The summed E-state index contributed by atoms with van der Waals surface area (Å²) in [5.41, 5.74) is 1.08. The molecule has 0 fully saturated rings. The van der Waals surface area contributed by atoms with Crippen molar-refractivity contribution in [3.8, 4) is 5.75 Å². The summed E-state index contributed by atoms with van der Waals surface area (Å²) in [6.45, 7) is 2.46. The number of rotatable bonds is 6. The van der Waals surface area contributed by atoms with Gasteiger partial charge >= 0.3 is 0 Å². The molecule has 0 saturated heterocycles. The van der Waals surface area contributed by atoms with Crippen molar-refractivity contribution in [3.63, 3.8) is 0 Å². The third kappa shape index (κ3) is 3.93. The molecule has 0 aromatic heterocycles. The van der Waals surface area contributed by atoms with Gasteiger partial charge in [-0.1, -0.05) is 67.6 Å². The fraction of sp³-hybridized carbons (Fsp3) is 0.190. The minimum absolute atomic E-state index is 0.0884. The molecule has 0 radical (unpaired) electrons. The van der Waals surface area contributed by atoms with Gasteiger partial charge in [0.1, 0.15) is 5.75 Å². The van der Waals surface area contributed by atoms with Crippen LogP contribution in [0.1, 0.15) is 18.9 Å². The van der Waals surface area contributed by atoms with Gasteiger partial charge in [0.25, 0.3) is 5.91 Å². The summed E-state index contributed by atoms with van der Waals surface area (Å²) in [5, 5.41) is 5.21. The van der Waals surface area contributed by atoms with E-state index in [1.54, 1.807) is 0 Å². The van der Waals surface area contributed by atoms with Crippen molar-refractivity contribution in [2.75, 3.05) is 0 Å². The number of hydrogen-bond donors (Lipinski definition) is 1. The van der Waals surface area contributed by atoms with Crippen molar-refractivity contribution in [1.82, 2.24) is 5.32 Å². The van der Waals surface area contributed by atoms with E-state index in [9.17, 15) is 4.79 Å². The highest BCUT2D eigenvalue weighted by Crippen LogP contribution is 2.22. The molecular weight excluding hydrogens is 298 g/mol. The second-order valence-corrected chi connectivity index (χ2v) is 5.73. The van der Waals surface area contributed by atoms with Crippen molar-refractivity contribution in [3.05, 3.63) is 78.4 Å². The Morgan fingerprint density at radius 3 is 2.42 bits per heavy atom. The number of hydrogen-bond acceptors (Lipinski definition) is 2. The van der Waals surface area contributed by atoms with Gasteiger partial charge in [0.05, 0.1) is 0 Å². The van der Waals surface area contributed by atoms with Gasteiger partial charge in [-0.3, -0.25) is 4.79 Å². The number of nitrogens with one attached hydrogen (secondary N) is 1. The summed E-state index contributed by atoms with van der Waals surface area (Å²) in [6.07, 6.45) is 0.128. The summed E-state index contributed by atoms with van der Waals surface area (Å²) in [7, 11) is 0. The van der Waals surface area contributed by atoms with Crippen LogP contribution < -0.4 is 10.1 Å². The number of carbonyl (C=O) groups is 1. The Morgan fingerprint density at radius 1 is 0.958 bits per heavy atom. The van der Waals surface area contributed by atoms with E-state index in [0.717, 1.165) is 22.1 Å². The molecule has 122 valence electrons. The van der Waals surface area contributed by atoms with E-state index in [1.165, 1.54) is 0 Å². The Kier molecular flexibility index (Phi) is 5.12. The summed E-state index contributed by atoms with van der Waals surface area (Å²) < 4.78 is 5.91. The summed E-state index contributed by atoms with van der Waals surface area (Å²) >= 11 is 0. The van der Waals surface area contributed by atoms with Crippen LogP contribution in [0, 0.1) is 0 Å². The van der Waals surface area contributed by atoms with Crippen LogP contribution in [0.5, 0.6) is 5.75 Å². The highest BCUT2D eigenvalue weighted by Gasteiger charge is 2.18. The molecule has 3 heteroatoms. The lowest BCUT2D eigenvalue weighted by Gasteiger charge is -2.17. The number of ether oxygens (including phenoxy) is 1. The molecule has 24 heavy (non-hydrogen) atoms. The zero-order valence-electron chi connectivity index (χ0n) is 13.7. The van der Waals surface area contributed by atoms with Crippen LogP contribution in [0.4, 0.5) is 0 Å². The zero-order chi connectivity index (χ0) is 16.8. The van der Waals surface area contributed by atoms with E-state index in [0.29, 0.717) is 13.0 Å². The van der Waals surface area contributed by atoms with Gasteiger partial charge in [-0.15, -0.1) is 0 Å². The van der Waals surface area contributed by atoms with Crippen LogP contribution in [0.15, 0.2) is 72.8 Å². The fourth-order valence-electron chi connectivity index (χ4n) is 2.63. The molecule has 0 aliphatic rings. The number of fused-ring (bicyclic) bond motifs is 1. The van der Waals surface area contributed by atoms with Crippen LogP contribution in [-0.4, -0.2) is 12.0 Å². The van der Waals surface area contributed by atoms with Gasteiger partial charge in [-0.25, -0.2) is 0 Å². The van der Waals surface area contributed by atoms with Crippen molar-refractivity contribution in [1.29, 1.82) is 0 Å². The first-order valence-corrected chi connectivity index (χ1v) is 8.23. The Labute approximate surface area is 142 Å². The lowest BCUT2D eigenvalue weighted by molar-refractivity contribution is -0.128. The average molecular weight is 319 g/mol. The molecule has 0 aliphatic carbocycles. The topological polar surface area (TPSA) is 38.3 Å². The first-order chi connectivity index (χ1) is 11.8. The molecule has 3 aromatic carbocycles. The molecular formula is C21H21NO2. The first kappa shape index (κ1) is 16.1. The molecule has 0 spiro atoms. The Bertz CT molecular complexity index is 814. The lowest BCUT2D eigenvalue weighted by Crippen LogP contribution is -2.37. The maximum Gasteiger partial charge on any atom is 0.261 e.